The summed E-state index contributed by atoms with van der Waals surface area (Å²) in [5.41, 5.74) is 0.0855. The molecule has 8 atom stereocenters. The number of aliphatic hydroxyl groups is 3. The van der Waals surface area contributed by atoms with E-state index in [0.717, 1.165) is 44.9 Å². The first-order valence-corrected chi connectivity index (χ1v) is 12.8. The van der Waals surface area contributed by atoms with Crippen LogP contribution in [0.15, 0.2) is 11.6 Å². The molecule has 0 saturated heterocycles. The van der Waals surface area contributed by atoms with Crippen molar-refractivity contribution >= 4 is 5.78 Å². The van der Waals surface area contributed by atoms with Gasteiger partial charge in [0.25, 0.3) is 0 Å². The fourth-order valence-electron chi connectivity index (χ4n) is 8.73. The fraction of sp³-hybridized carbons (Fsp3) is 0.889. The zero-order valence-corrected chi connectivity index (χ0v) is 20.1. The minimum absolute atomic E-state index is 0.0564. The molecule has 3 N–H and O–H groups in total. The normalized spacial score (nSPS) is 44.3. The van der Waals surface area contributed by atoms with Gasteiger partial charge in [-0.2, -0.15) is 0 Å². The van der Waals surface area contributed by atoms with Crippen LogP contribution in [0.25, 0.3) is 0 Å². The third-order valence-electron chi connectivity index (χ3n) is 10.1. The van der Waals surface area contributed by atoms with Crippen molar-refractivity contribution in [2.75, 3.05) is 6.61 Å². The minimum atomic E-state index is -0.959. The Balaban J connectivity index is 1.61. The molecule has 0 amide bonds. The molecule has 3 fully saturated rings. The number of allylic oxidation sites excluding steroid dienone is 1. The average Bonchev–Trinajstić information content (AvgIpc) is 3.01. The Hall–Kier alpha value is -0.710. The van der Waals surface area contributed by atoms with Crippen LogP contribution in [0.2, 0.25) is 0 Å². The van der Waals surface area contributed by atoms with E-state index in [2.05, 4.69) is 20.8 Å². The molecule has 4 rings (SSSR count). The lowest BCUT2D eigenvalue weighted by Crippen LogP contribution is -2.56. The van der Waals surface area contributed by atoms with Crippen molar-refractivity contribution in [2.24, 2.45) is 40.4 Å². The van der Waals surface area contributed by atoms with Crippen LogP contribution < -0.4 is 0 Å². The Kier molecular flexibility index (Phi) is 6.24. The van der Waals surface area contributed by atoms with Crippen LogP contribution in [0.3, 0.4) is 0 Å². The second-order valence-corrected chi connectivity index (χ2v) is 12.3. The second kappa shape index (κ2) is 8.25. The molecule has 0 unspecified atom stereocenters. The highest BCUT2D eigenvalue weighted by molar-refractivity contribution is 5.91. The van der Waals surface area contributed by atoms with Gasteiger partial charge in [0.2, 0.25) is 0 Å². The van der Waals surface area contributed by atoms with E-state index in [1.54, 1.807) is 0 Å². The molecule has 0 aromatic rings. The van der Waals surface area contributed by atoms with Crippen molar-refractivity contribution in [1.29, 1.82) is 0 Å². The van der Waals surface area contributed by atoms with E-state index < -0.39 is 11.7 Å². The average molecular weight is 433 g/mol. The highest BCUT2D eigenvalue weighted by Crippen LogP contribution is 2.68. The Morgan fingerprint density at radius 2 is 1.94 bits per heavy atom. The van der Waals surface area contributed by atoms with Crippen molar-refractivity contribution < 1.29 is 20.1 Å². The predicted molar refractivity (Wildman–Crippen MR) is 122 cm³/mol. The molecule has 4 aliphatic rings. The van der Waals surface area contributed by atoms with Gasteiger partial charge < -0.3 is 15.3 Å². The van der Waals surface area contributed by atoms with Gasteiger partial charge in [0.15, 0.2) is 5.78 Å². The summed E-state index contributed by atoms with van der Waals surface area (Å²) in [7, 11) is 0. The van der Waals surface area contributed by atoms with Crippen molar-refractivity contribution in [1.82, 2.24) is 0 Å². The molecule has 4 heteroatoms. The van der Waals surface area contributed by atoms with Crippen LogP contribution in [-0.2, 0) is 4.79 Å². The maximum atomic E-state index is 12.1. The standard InChI is InChI=1S/C27H44O4/c1-17(2)6-5-11-26(4,31)24-23(30)15-22-20-8-7-18-14-19(29)9-12-25(18,3)21(20)10-13-27(22,24)16-28/h14,17,20-24,28,30-31H,5-13,15-16H2,1-4H3/t20-,21+,22+,23+,24-,25+,26+,27-/m1/s1. The molecule has 4 nitrogen and oxygen atoms in total. The first kappa shape index (κ1) is 23.4. The Morgan fingerprint density at radius 3 is 2.61 bits per heavy atom. The maximum Gasteiger partial charge on any atom is 0.155 e. The molecule has 4 aliphatic carbocycles. The molecule has 31 heavy (non-hydrogen) atoms. The molecule has 0 aliphatic heterocycles. The van der Waals surface area contributed by atoms with E-state index in [-0.39, 0.29) is 35.1 Å². The van der Waals surface area contributed by atoms with E-state index in [1.165, 1.54) is 5.57 Å². The third kappa shape index (κ3) is 3.75. The molecule has 0 radical (unpaired) electrons. The maximum absolute atomic E-state index is 12.1. The summed E-state index contributed by atoms with van der Waals surface area (Å²) in [6.07, 6.45) is 10.3. The first-order chi connectivity index (χ1) is 14.5. The number of hydrogen-bond acceptors (Lipinski definition) is 4. The number of carbonyl (C=O) groups excluding carboxylic acids is 1. The van der Waals surface area contributed by atoms with Crippen molar-refractivity contribution in [2.45, 2.75) is 104 Å². The van der Waals surface area contributed by atoms with Gasteiger partial charge in [-0.15, -0.1) is 0 Å². The molecule has 0 heterocycles. The van der Waals surface area contributed by atoms with E-state index in [0.29, 0.717) is 37.0 Å². The molecule has 0 aromatic carbocycles. The van der Waals surface area contributed by atoms with Gasteiger partial charge in [-0.3, -0.25) is 4.79 Å². The quantitative estimate of drug-likeness (QED) is 0.571. The van der Waals surface area contributed by atoms with Gasteiger partial charge in [-0.25, -0.2) is 0 Å². The van der Waals surface area contributed by atoms with Crippen LogP contribution in [0.1, 0.15) is 91.9 Å². The number of ketones is 1. The van der Waals surface area contributed by atoms with Crippen molar-refractivity contribution in [3.63, 3.8) is 0 Å². The summed E-state index contributed by atoms with van der Waals surface area (Å²) in [5.74, 6) is 1.85. The number of carbonyl (C=O) groups is 1. The van der Waals surface area contributed by atoms with Crippen molar-refractivity contribution in [3.05, 3.63) is 11.6 Å². The molecule has 3 saturated carbocycles. The van der Waals surface area contributed by atoms with Crippen LogP contribution >= 0.6 is 0 Å². The van der Waals surface area contributed by atoms with Gasteiger partial charge in [-0.05, 0) is 87.0 Å². The highest BCUT2D eigenvalue weighted by atomic mass is 16.3. The monoisotopic (exact) mass is 432 g/mol. The van der Waals surface area contributed by atoms with E-state index >= 15 is 0 Å². The minimum Gasteiger partial charge on any atom is -0.396 e. The zero-order chi connectivity index (χ0) is 22.6. The number of hydrogen-bond donors (Lipinski definition) is 3. The predicted octanol–water partition coefficient (Wildman–Crippen LogP) is 4.66. The number of fused-ring (bicyclic) bond motifs is 5. The van der Waals surface area contributed by atoms with Crippen LogP contribution in [0, 0.1) is 40.4 Å². The Bertz CT molecular complexity index is 725. The van der Waals surface area contributed by atoms with Crippen molar-refractivity contribution in [3.8, 4) is 0 Å². The SMILES string of the molecule is CC(C)CCC[C@](C)(O)[C@H]1[C@@H](O)C[C@H]2[C@@H]3CCC4=CC(=O)CC[C@]4(C)[C@H]3CC[C@@]21CO. The van der Waals surface area contributed by atoms with Gasteiger partial charge in [0, 0.05) is 24.4 Å². The molecular formula is C27H44O4. The molecule has 176 valence electrons. The second-order valence-electron chi connectivity index (χ2n) is 12.3. The van der Waals surface area contributed by atoms with Gasteiger partial charge in [0.1, 0.15) is 0 Å². The van der Waals surface area contributed by atoms with E-state index in [1.807, 2.05) is 13.0 Å². The highest BCUT2D eigenvalue weighted by Gasteiger charge is 2.65. The summed E-state index contributed by atoms with van der Waals surface area (Å²) in [6, 6.07) is 0. The van der Waals surface area contributed by atoms with E-state index in [9.17, 15) is 20.1 Å². The molecule has 0 spiro atoms. The summed E-state index contributed by atoms with van der Waals surface area (Å²) >= 11 is 0. The fourth-order valence-corrected chi connectivity index (χ4v) is 8.73. The summed E-state index contributed by atoms with van der Waals surface area (Å²) in [6.45, 7) is 8.73. The molecule has 0 aromatic heterocycles. The van der Waals surface area contributed by atoms with Gasteiger partial charge in [-0.1, -0.05) is 39.2 Å². The zero-order valence-electron chi connectivity index (χ0n) is 20.1. The van der Waals surface area contributed by atoms with Crippen LogP contribution in [-0.4, -0.2) is 39.4 Å². The lowest BCUT2D eigenvalue weighted by molar-refractivity contribution is -0.149. The number of aliphatic hydroxyl groups excluding tert-OH is 2. The lowest BCUT2D eigenvalue weighted by Gasteiger charge is -2.59. The largest absolute Gasteiger partial charge is 0.396 e. The Labute approximate surface area is 188 Å². The first-order valence-electron chi connectivity index (χ1n) is 12.8. The van der Waals surface area contributed by atoms with Gasteiger partial charge >= 0.3 is 0 Å². The summed E-state index contributed by atoms with van der Waals surface area (Å²) < 4.78 is 0. The van der Waals surface area contributed by atoms with Crippen LogP contribution in [0.4, 0.5) is 0 Å². The van der Waals surface area contributed by atoms with E-state index in [4.69, 9.17) is 0 Å². The summed E-state index contributed by atoms with van der Waals surface area (Å²) in [4.78, 5) is 12.1. The smallest absolute Gasteiger partial charge is 0.155 e. The molecular weight excluding hydrogens is 388 g/mol. The lowest BCUT2D eigenvalue weighted by atomic mass is 9.46. The van der Waals surface area contributed by atoms with Crippen LogP contribution in [0.5, 0.6) is 0 Å². The summed E-state index contributed by atoms with van der Waals surface area (Å²) in [5, 5.41) is 33.6. The third-order valence-corrected chi connectivity index (χ3v) is 10.1. The molecule has 0 bridgehead atoms. The topological polar surface area (TPSA) is 77.8 Å². The van der Waals surface area contributed by atoms with Gasteiger partial charge in [0.05, 0.1) is 11.7 Å². The Morgan fingerprint density at radius 1 is 1.19 bits per heavy atom. The number of rotatable bonds is 6.